The van der Waals surface area contributed by atoms with Gasteiger partial charge in [0.15, 0.2) is 11.2 Å². The highest BCUT2D eigenvalue weighted by Gasteiger charge is 2.67. The molecule has 196 valence electrons. The summed E-state index contributed by atoms with van der Waals surface area (Å²) in [5.41, 5.74) is 0.839. The van der Waals surface area contributed by atoms with Gasteiger partial charge >= 0.3 is 11.9 Å². The van der Waals surface area contributed by atoms with Gasteiger partial charge in [-0.2, -0.15) is 5.26 Å². The lowest BCUT2D eigenvalue weighted by atomic mass is 9.68. The minimum Gasteiger partial charge on any atom is -0.497 e. The first-order valence-electron chi connectivity index (χ1n) is 12.4. The van der Waals surface area contributed by atoms with E-state index in [9.17, 15) is 19.6 Å². The first-order valence-corrected chi connectivity index (χ1v) is 12.4. The summed E-state index contributed by atoms with van der Waals surface area (Å²) in [5.74, 6) is -1.46. The number of anilines is 1. The molecule has 3 aromatic rings. The minimum absolute atomic E-state index is 0.290. The van der Waals surface area contributed by atoms with Crippen LogP contribution < -0.4 is 14.4 Å². The molecule has 0 amide bonds. The third-order valence-corrected chi connectivity index (χ3v) is 7.40. The first-order chi connectivity index (χ1) is 18.8. The number of nitriles is 1. The number of carbonyl (C=O) groups is 3. The van der Waals surface area contributed by atoms with Crippen LogP contribution in [-0.2, 0) is 14.3 Å². The number of hydrogen-bond donors (Lipinski definition) is 0. The molecule has 2 aliphatic heterocycles. The van der Waals surface area contributed by atoms with Crippen LogP contribution in [0.2, 0.25) is 0 Å². The average molecular weight is 523 g/mol. The van der Waals surface area contributed by atoms with E-state index in [4.69, 9.17) is 14.2 Å². The van der Waals surface area contributed by atoms with Crippen LogP contribution in [0.4, 0.5) is 5.69 Å². The van der Waals surface area contributed by atoms with Crippen molar-refractivity contribution in [1.29, 1.82) is 5.26 Å². The number of methoxy groups -OCH3 is 2. The molecule has 0 aromatic heterocycles. The van der Waals surface area contributed by atoms with Gasteiger partial charge in [-0.05, 0) is 53.6 Å². The Morgan fingerprint density at radius 1 is 0.923 bits per heavy atom. The second-order valence-corrected chi connectivity index (χ2v) is 9.42. The van der Waals surface area contributed by atoms with E-state index in [0.717, 1.165) is 11.3 Å². The van der Waals surface area contributed by atoms with Crippen molar-refractivity contribution in [2.75, 3.05) is 19.1 Å². The minimum atomic E-state index is -1.73. The number of fused-ring (bicyclic) bond motifs is 3. The maximum Gasteiger partial charge on any atom is 0.329 e. The van der Waals surface area contributed by atoms with Gasteiger partial charge in [0.1, 0.15) is 17.5 Å². The highest BCUT2D eigenvalue weighted by Crippen LogP contribution is 2.56. The molecule has 39 heavy (non-hydrogen) atoms. The van der Waals surface area contributed by atoms with Gasteiger partial charge in [-0.3, -0.25) is 14.4 Å². The molecule has 8 nitrogen and oxygen atoms in total. The molecular weight excluding hydrogens is 496 g/mol. The van der Waals surface area contributed by atoms with E-state index in [0.29, 0.717) is 22.6 Å². The standard InChI is InChI=1S/C31H26N2O6/c1-19(34)39-24-15-10-22(11-16-24)29(35)28-27(21-8-13-23(37-2)14-9-21)31(18-32,30(36)38-3)26-17-12-20-6-4-5-7-25(20)33(26)28/h4-17,26-28H,1-3H3/t26-,27+,28+,31+/m1/s1. The van der Waals surface area contributed by atoms with Gasteiger partial charge in [-0.25, -0.2) is 0 Å². The average Bonchev–Trinajstić information content (AvgIpc) is 3.28. The summed E-state index contributed by atoms with van der Waals surface area (Å²) in [4.78, 5) is 41.2. The molecule has 1 fully saturated rings. The number of benzene rings is 3. The van der Waals surface area contributed by atoms with Crippen LogP contribution in [0.5, 0.6) is 11.5 Å². The van der Waals surface area contributed by atoms with Gasteiger partial charge in [0, 0.05) is 24.1 Å². The lowest BCUT2D eigenvalue weighted by Gasteiger charge is -2.36. The quantitative estimate of drug-likeness (QED) is 0.264. The molecular formula is C31H26N2O6. The number of ether oxygens (including phenoxy) is 3. The Morgan fingerprint density at radius 3 is 2.21 bits per heavy atom. The fraction of sp³-hybridized carbons (Fsp3) is 0.226. The normalized spacial score (nSPS) is 22.7. The van der Waals surface area contributed by atoms with Crippen LogP contribution in [0.15, 0.2) is 78.9 Å². The highest BCUT2D eigenvalue weighted by atomic mass is 16.5. The number of nitrogens with zero attached hydrogens (tertiary/aromatic N) is 2. The van der Waals surface area contributed by atoms with Crippen molar-refractivity contribution in [2.24, 2.45) is 5.41 Å². The number of Topliss-reactive ketones (excluding diaryl/α,β-unsaturated/α-hetero) is 1. The second-order valence-electron chi connectivity index (χ2n) is 9.42. The SMILES string of the molecule is COC(=O)[C@]1(C#N)[C@@H](c2ccc(OC)cc2)[C@@H](C(=O)c2ccc(OC(C)=O)cc2)N2c3ccccc3C=C[C@@H]21. The second kappa shape index (κ2) is 10.1. The van der Waals surface area contributed by atoms with Crippen molar-refractivity contribution in [3.8, 4) is 17.6 Å². The topological polar surface area (TPSA) is 106 Å². The molecule has 4 atom stereocenters. The van der Waals surface area contributed by atoms with Crippen LogP contribution >= 0.6 is 0 Å². The van der Waals surface area contributed by atoms with Crippen molar-refractivity contribution in [1.82, 2.24) is 0 Å². The zero-order chi connectivity index (χ0) is 27.7. The molecule has 0 radical (unpaired) electrons. The maximum atomic E-state index is 14.4. The largest absolute Gasteiger partial charge is 0.497 e. The molecule has 0 N–H and O–H groups in total. The van der Waals surface area contributed by atoms with Crippen molar-refractivity contribution in [3.63, 3.8) is 0 Å². The summed E-state index contributed by atoms with van der Waals surface area (Å²) in [6.45, 7) is 1.30. The molecule has 0 saturated carbocycles. The number of esters is 2. The van der Waals surface area contributed by atoms with Gasteiger partial charge in [0.2, 0.25) is 0 Å². The van der Waals surface area contributed by atoms with Gasteiger partial charge in [0.05, 0.1) is 26.3 Å². The Bertz CT molecular complexity index is 1510. The van der Waals surface area contributed by atoms with E-state index in [-0.39, 0.29) is 5.78 Å². The Morgan fingerprint density at radius 2 is 1.59 bits per heavy atom. The number of ketones is 1. The number of para-hydroxylation sites is 1. The van der Waals surface area contributed by atoms with Crippen LogP contribution in [-0.4, -0.2) is 44.0 Å². The fourth-order valence-corrected chi connectivity index (χ4v) is 5.74. The van der Waals surface area contributed by atoms with Crippen LogP contribution in [0, 0.1) is 16.7 Å². The monoisotopic (exact) mass is 522 g/mol. The molecule has 0 aliphatic carbocycles. The molecule has 3 aromatic carbocycles. The van der Waals surface area contributed by atoms with Gasteiger partial charge in [-0.15, -0.1) is 0 Å². The molecule has 2 heterocycles. The van der Waals surface area contributed by atoms with Gasteiger partial charge in [0.25, 0.3) is 0 Å². The van der Waals surface area contributed by atoms with E-state index in [2.05, 4.69) is 6.07 Å². The molecule has 0 unspecified atom stereocenters. The Balaban J connectivity index is 1.74. The highest BCUT2D eigenvalue weighted by molar-refractivity contribution is 6.06. The van der Waals surface area contributed by atoms with E-state index in [1.54, 1.807) is 61.7 Å². The van der Waals surface area contributed by atoms with E-state index < -0.39 is 35.4 Å². The summed E-state index contributed by atoms with van der Waals surface area (Å²) in [5, 5.41) is 10.7. The van der Waals surface area contributed by atoms with E-state index in [1.165, 1.54) is 14.0 Å². The lowest BCUT2D eigenvalue weighted by Crippen LogP contribution is -2.46. The Kier molecular flexibility index (Phi) is 6.67. The predicted molar refractivity (Wildman–Crippen MR) is 143 cm³/mol. The molecule has 0 bridgehead atoms. The van der Waals surface area contributed by atoms with Crippen LogP contribution in [0.1, 0.15) is 34.3 Å². The molecule has 2 aliphatic rings. The molecule has 8 heteroatoms. The van der Waals surface area contributed by atoms with E-state index >= 15 is 0 Å². The lowest BCUT2D eigenvalue weighted by molar-refractivity contribution is -0.150. The third kappa shape index (κ3) is 4.12. The smallest absolute Gasteiger partial charge is 0.329 e. The van der Waals surface area contributed by atoms with Gasteiger partial charge in [-0.1, -0.05) is 42.5 Å². The molecule has 5 rings (SSSR count). The Labute approximate surface area is 226 Å². The molecule has 1 saturated heterocycles. The fourth-order valence-electron chi connectivity index (χ4n) is 5.74. The number of hydrogen-bond acceptors (Lipinski definition) is 8. The summed E-state index contributed by atoms with van der Waals surface area (Å²) >= 11 is 0. The predicted octanol–water partition coefficient (Wildman–Crippen LogP) is 4.55. The Hall–Kier alpha value is -4.90. The van der Waals surface area contributed by atoms with Crippen LogP contribution in [0.25, 0.3) is 6.08 Å². The summed E-state index contributed by atoms with van der Waals surface area (Å²) < 4.78 is 15.7. The first kappa shape index (κ1) is 25.7. The van der Waals surface area contributed by atoms with Gasteiger partial charge < -0.3 is 19.1 Å². The summed E-state index contributed by atoms with van der Waals surface area (Å²) in [6.07, 6.45) is 3.67. The zero-order valence-corrected chi connectivity index (χ0v) is 21.7. The molecule has 0 spiro atoms. The number of carbonyl (C=O) groups excluding carboxylic acids is 3. The summed E-state index contributed by atoms with van der Waals surface area (Å²) in [6, 6.07) is 21.4. The van der Waals surface area contributed by atoms with E-state index in [1.807, 2.05) is 35.2 Å². The summed E-state index contributed by atoms with van der Waals surface area (Å²) in [7, 11) is 2.80. The maximum absolute atomic E-state index is 14.4. The van der Waals surface area contributed by atoms with Crippen molar-refractivity contribution < 1.29 is 28.6 Å². The zero-order valence-electron chi connectivity index (χ0n) is 21.7. The van der Waals surface area contributed by atoms with Crippen LogP contribution in [0.3, 0.4) is 0 Å². The van der Waals surface area contributed by atoms with Crippen molar-refractivity contribution in [3.05, 3.63) is 95.6 Å². The third-order valence-electron chi connectivity index (χ3n) is 7.40. The van der Waals surface area contributed by atoms with Crippen molar-refractivity contribution >= 4 is 29.5 Å². The van der Waals surface area contributed by atoms with Crippen molar-refractivity contribution in [2.45, 2.75) is 24.9 Å². The number of rotatable bonds is 6.